The second-order valence-electron chi connectivity index (χ2n) is 22.4. The van der Waals surface area contributed by atoms with Crippen molar-refractivity contribution in [3.05, 3.63) is 24.3 Å². The van der Waals surface area contributed by atoms with Gasteiger partial charge in [0.2, 0.25) is 5.91 Å². The van der Waals surface area contributed by atoms with Crippen LogP contribution in [0, 0.1) is 0 Å². The third-order valence-corrected chi connectivity index (χ3v) is 15.2. The van der Waals surface area contributed by atoms with Crippen LogP contribution < -0.4 is 5.32 Å². The highest BCUT2D eigenvalue weighted by Gasteiger charge is 2.20. The summed E-state index contributed by atoms with van der Waals surface area (Å²) in [6, 6.07) is -0.552. The van der Waals surface area contributed by atoms with Crippen LogP contribution in [0.3, 0.4) is 0 Å². The van der Waals surface area contributed by atoms with Crippen molar-refractivity contribution >= 4 is 11.9 Å². The van der Waals surface area contributed by atoms with Crippen LogP contribution in [-0.4, -0.2) is 47.4 Å². The molecule has 0 heterocycles. The molecule has 2 unspecified atom stereocenters. The summed E-state index contributed by atoms with van der Waals surface area (Å²) in [6.45, 7) is 4.96. The van der Waals surface area contributed by atoms with E-state index in [1.54, 1.807) is 0 Å². The monoisotopic (exact) mass is 1010 g/mol. The summed E-state index contributed by atoms with van der Waals surface area (Å²) in [5, 5.41) is 23.4. The average Bonchev–Trinajstić information content (AvgIpc) is 3.38. The number of esters is 1. The lowest BCUT2D eigenvalue weighted by Crippen LogP contribution is -2.45. The minimum Gasteiger partial charge on any atom is -0.466 e. The second kappa shape index (κ2) is 61.9. The Bertz CT molecular complexity index is 1120. The molecule has 0 aromatic heterocycles. The summed E-state index contributed by atoms with van der Waals surface area (Å²) in [5.74, 6) is -0.0453. The molecule has 0 aromatic carbocycles. The highest BCUT2D eigenvalue weighted by molar-refractivity contribution is 5.76. The van der Waals surface area contributed by atoms with Crippen LogP contribution in [0.1, 0.15) is 361 Å². The maximum absolute atomic E-state index is 12.5. The first-order chi connectivity index (χ1) is 35.5. The third kappa shape index (κ3) is 57.6. The van der Waals surface area contributed by atoms with Crippen LogP contribution in [0.2, 0.25) is 0 Å². The minimum absolute atomic E-state index is 0.000875. The van der Waals surface area contributed by atoms with Crippen molar-refractivity contribution in [1.29, 1.82) is 0 Å². The normalized spacial score (nSPS) is 12.7. The number of hydrogen-bond acceptors (Lipinski definition) is 5. The van der Waals surface area contributed by atoms with E-state index in [1.807, 2.05) is 0 Å². The molecular weight excluding hydrogens is 887 g/mol. The van der Waals surface area contributed by atoms with Crippen molar-refractivity contribution in [2.24, 2.45) is 0 Å². The Hall–Kier alpha value is -1.66. The van der Waals surface area contributed by atoms with Crippen molar-refractivity contribution in [2.45, 2.75) is 373 Å². The minimum atomic E-state index is -0.674. The van der Waals surface area contributed by atoms with Crippen LogP contribution in [0.15, 0.2) is 24.3 Å². The van der Waals surface area contributed by atoms with Gasteiger partial charge in [0.1, 0.15) is 0 Å². The van der Waals surface area contributed by atoms with E-state index in [1.165, 1.54) is 270 Å². The molecule has 0 radical (unpaired) electrons. The van der Waals surface area contributed by atoms with Crippen molar-refractivity contribution in [2.75, 3.05) is 13.2 Å². The van der Waals surface area contributed by atoms with Crippen LogP contribution in [0.25, 0.3) is 0 Å². The zero-order valence-corrected chi connectivity index (χ0v) is 48.7. The predicted molar refractivity (Wildman–Crippen MR) is 315 cm³/mol. The predicted octanol–water partition coefficient (Wildman–Crippen LogP) is 20.6. The summed E-state index contributed by atoms with van der Waals surface area (Å²) in [6.07, 6.45) is 76.2. The number of carbonyl (C=O) groups is 2. The van der Waals surface area contributed by atoms with Crippen molar-refractivity contribution in [3.63, 3.8) is 0 Å². The molecular formula is C66H127NO5. The average molecular weight is 1010 g/mol. The molecule has 0 aliphatic rings. The number of amides is 1. The number of hydrogen-bond donors (Lipinski definition) is 3. The fraction of sp³-hybridized carbons (Fsp3) is 0.909. The van der Waals surface area contributed by atoms with Crippen molar-refractivity contribution < 1.29 is 24.5 Å². The van der Waals surface area contributed by atoms with Gasteiger partial charge in [-0.05, 0) is 77.0 Å². The largest absolute Gasteiger partial charge is 0.466 e. The quantitative estimate of drug-likeness (QED) is 0.0320. The zero-order chi connectivity index (χ0) is 52.2. The standard InChI is InChI=1S/C66H127NO5/c1-3-5-7-9-11-13-15-17-19-21-23-26-30-34-38-42-46-50-54-58-64(69)63(62-68)67-65(70)59-55-51-47-43-39-35-31-27-24-25-29-33-37-41-45-49-53-57-61-72-66(71)60-56-52-48-44-40-36-32-28-22-20-18-16-14-12-10-8-6-4-2/h20,22,27,31,63-64,68-69H,3-19,21,23-26,28-30,32-62H2,1-2H3,(H,67,70)/b22-20-,31-27-. The molecule has 0 fully saturated rings. The van der Waals surface area contributed by atoms with E-state index in [2.05, 4.69) is 43.5 Å². The van der Waals surface area contributed by atoms with Gasteiger partial charge in [-0.2, -0.15) is 0 Å². The number of aliphatic hydroxyl groups excluding tert-OH is 2. The fourth-order valence-corrected chi connectivity index (χ4v) is 10.2. The van der Waals surface area contributed by atoms with Gasteiger partial charge in [-0.25, -0.2) is 0 Å². The van der Waals surface area contributed by atoms with Gasteiger partial charge < -0.3 is 20.3 Å². The van der Waals surface area contributed by atoms with Crippen LogP contribution in [-0.2, 0) is 14.3 Å². The summed E-state index contributed by atoms with van der Waals surface area (Å²) in [7, 11) is 0. The maximum atomic E-state index is 12.5. The van der Waals surface area contributed by atoms with Crippen LogP contribution in [0.5, 0.6) is 0 Å². The number of carbonyl (C=O) groups excluding carboxylic acids is 2. The molecule has 6 nitrogen and oxygen atoms in total. The topological polar surface area (TPSA) is 95.9 Å². The lowest BCUT2D eigenvalue weighted by atomic mass is 10.0. The van der Waals surface area contributed by atoms with E-state index < -0.39 is 12.1 Å². The number of ether oxygens (including phenoxy) is 1. The van der Waals surface area contributed by atoms with E-state index in [0.717, 1.165) is 57.8 Å². The molecule has 0 saturated carbocycles. The number of allylic oxidation sites excluding steroid dienone is 4. The Balaban J connectivity index is 3.43. The molecule has 0 aliphatic heterocycles. The summed E-state index contributed by atoms with van der Waals surface area (Å²) < 4.78 is 5.49. The molecule has 0 rings (SSSR count). The zero-order valence-electron chi connectivity index (χ0n) is 48.7. The Labute approximate surface area is 450 Å². The lowest BCUT2D eigenvalue weighted by Gasteiger charge is -2.22. The van der Waals surface area contributed by atoms with Gasteiger partial charge in [-0.1, -0.05) is 295 Å². The number of nitrogens with one attached hydrogen (secondary N) is 1. The Morgan fingerprint density at radius 2 is 0.653 bits per heavy atom. The Morgan fingerprint density at radius 3 is 0.986 bits per heavy atom. The molecule has 1 amide bonds. The molecule has 72 heavy (non-hydrogen) atoms. The first kappa shape index (κ1) is 70.3. The van der Waals surface area contributed by atoms with Crippen molar-refractivity contribution in [3.8, 4) is 0 Å². The molecule has 6 heteroatoms. The summed E-state index contributed by atoms with van der Waals surface area (Å²) >= 11 is 0. The smallest absolute Gasteiger partial charge is 0.305 e. The van der Waals surface area contributed by atoms with E-state index in [-0.39, 0.29) is 18.5 Å². The SMILES string of the molecule is CCCCCCCCC/C=C\CCCCCCCCCC(=O)OCCCCCCCCCCC/C=C\CCCCCCCC(=O)NC(CO)C(O)CCCCCCCCCCCCCCCCCCCCC. The van der Waals surface area contributed by atoms with Gasteiger partial charge in [0.25, 0.3) is 0 Å². The number of unbranched alkanes of at least 4 members (excludes halogenated alkanes) is 46. The summed E-state index contributed by atoms with van der Waals surface area (Å²) in [4.78, 5) is 24.6. The molecule has 0 bridgehead atoms. The fourth-order valence-electron chi connectivity index (χ4n) is 10.2. The van der Waals surface area contributed by atoms with Crippen LogP contribution >= 0.6 is 0 Å². The lowest BCUT2D eigenvalue weighted by molar-refractivity contribution is -0.143. The highest BCUT2D eigenvalue weighted by atomic mass is 16.5. The Kier molecular flexibility index (Phi) is 60.5. The van der Waals surface area contributed by atoms with E-state index in [0.29, 0.717) is 25.9 Å². The van der Waals surface area contributed by atoms with Crippen molar-refractivity contribution in [1.82, 2.24) is 5.32 Å². The van der Waals surface area contributed by atoms with E-state index in [9.17, 15) is 19.8 Å². The molecule has 0 spiro atoms. The van der Waals surface area contributed by atoms with Crippen LogP contribution in [0.4, 0.5) is 0 Å². The van der Waals surface area contributed by atoms with E-state index in [4.69, 9.17) is 4.74 Å². The van der Waals surface area contributed by atoms with Gasteiger partial charge in [-0.15, -0.1) is 0 Å². The first-order valence-corrected chi connectivity index (χ1v) is 32.6. The molecule has 0 aromatic rings. The van der Waals surface area contributed by atoms with E-state index >= 15 is 0 Å². The highest BCUT2D eigenvalue weighted by Crippen LogP contribution is 2.18. The molecule has 0 saturated heterocycles. The molecule has 426 valence electrons. The first-order valence-electron chi connectivity index (χ1n) is 32.6. The van der Waals surface area contributed by atoms with Gasteiger partial charge in [-0.3, -0.25) is 9.59 Å². The van der Waals surface area contributed by atoms with Gasteiger partial charge in [0.15, 0.2) is 0 Å². The molecule has 3 N–H and O–H groups in total. The summed E-state index contributed by atoms with van der Waals surface area (Å²) in [5.41, 5.74) is 0. The molecule has 2 atom stereocenters. The van der Waals surface area contributed by atoms with Gasteiger partial charge in [0, 0.05) is 12.8 Å². The Morgan fingerprint density at radius 1 is 0.375 bits per heavy atom. The maximum Gasteiger partial charge on any atom is 0.305 e. The number of aliphatic hydroxyl groups is 2. The second-order valence-corrected chi connectivity index (χ2v) is 22.4. The van der Waals surface area contributed by atoms with Gasteiger partial charge in [0.05, 0.1) is 25.4 Å². The molecule has 0 aliphatic carbocycles. The third-order valence-electron chi connectivity index (χ3n) is 15.2. The van der Waals surface area contributed by atoms with Gasteiger partial charge >= 0.3 is 5.97 Å². The number of rotatable bonds is 61.